The van der Waals surface area contributed by atoms with E-state index in [2.05, 4.69) is 37.6 Å². The second-order valence-electron chi connectivity index (χ2n) is 7.71. The summed E-state index contributed by atoms with van der Waals surface area (Å²) in [7, 11) is 0. The fourth-order valence-electron chi connectivity index (χ4n) is 4.08. The van der Waals surface area contributed by atoms with Gasteiger partial charge < -0.3 is 10.0 Å². The summed E-state index contributed by atoms with van der Waals surface area (Å²) in [6, 6.07) is 9.78. The van der Waals surface area contributed by atoms with Crippen LogP contribution in [-0.2, 0) is 0 Å². The molecule has 0 radical (unpaired) electrons. The predicted octanol–water partition coefficient (Wildman–Crippen LogP) is 5.39. The largest absolute Gasteiger partial charge is 0.478 e. The third-order valence-corrected chi connectivity index (χ3v) is 5.27. The van der Waals surface area contributed by atoms with Crippen LogP contribution in [0.5, 0.6) is 0 Å². The Hall–Kier alpha value is -2.69. The molecule has 2 aromatic carbocycles. The van der Waals surface area contributed by atoms with Crippen LogP contribution in [-0.4, -0.2) is 29.4 Å². The molecule has 1 aliphatic heterocycles. The van der Waals surface area contributed by atoms with Crippen molar-refractivity contribution in [2.24, 2.45) is 4.99 Å². The molecular weight excluding hydrogens is 343 g/mol. The van der Waals surface area contributed by atoms with E-state index in [-0.39, 0.29) is 16.9 Å². The van der Waals surface area contributed by atoms with Crippen LogP contribution in [0.15, 0.2) is 41.4 Å². The molecule has 0 aromatic heterocycles. The Morgan fingerprint density at radius 2 is 2.11 bits per heavy atom. The SMILES string of the molecule is CCN1c2cc(F)c(C=Nc3cccc(C(=O)O)c3)cc2C(C)CC1(C)C. The number of benzene rings is 2. The second-order valence-corrected chi connectivity index (χ2v) is 7.71. The summed E-state index contributed by atoms with van der Waals surface area (Å²) in [5, 5.41) is 9.07. The van der Waals surface area contributed by atoms with Crippen LogP contribution in [0.3, 0.4) is 0 Å². The van der Waals surface area contributed by atoms with Crippen molar-refractivity contribution in [3.8, 4) is 0 Å². The molecule has 142 valence electrons. The zero-order valence-electron chi connectivity index (χ0n) is 16.2. The maximum absolute atomic E-state index is 14.8. The van der Waals surface area contributed by atoms with Crippen LogP contribution in [0.25, 0.3) is 0 Å². The van der Waals surface area contributed by atoms with E-state index in [4.69, 9.17) is 5.11 Å². The zero-order chi connectivity index (χ0) is 19.8. The first-order valence-corrected chi connectivity index (χ1v) is 9.21. The van der Waals surface area contributed by atoms with Gasteiger partial charge in [0.25, 0.3) is 0 Å². The summed E-state index contributed by atoms with van der Waals surface area (Å²) in [6.07, 6.45) is 2.47. The van der Waals surface area contributed by atoms with Gasteiger partial charge in [-0.05, 0) is 69.0 Å². The van der Waals surface area contributed by atoms with Crippen molar-refractivity contribution in [3.63, 3.8) is 0 Å². The van der Waals surface area contributed by atoms with Crippen LogP contribution in [0.4, 0.5) is 15.8 Å². The lowest BCUT2D eigenvalue weighted by Gasteiger charge is -2.47. The first-order chi connectivity index (χ1) is 12.7. The minimum absolute atomic E-state index is 0.0134. The van der Waals surface area contributed by atoms with Gasteiger partial charge in [0.2, 0.25) is 0 Å². The van der Waals surface area contributed by atoms with Crippen molar-refractivity contribution in [1.82, 2.24) is 0 Å². The number of nitrogens with zero attached hydrogens (tertiary/aromatic N) is 2. The topological polar surface area (TPSA) is 52.9 Å². The van der Waals surface area contributed by atoms with Gasteiger partial charge in [0, 0.05) is 29.5 Å². The number of hydrogen-bond donors (Lipinski definition) is 1. The summed E-state index contributed by atoms with van der Waals surface area (Å²) in [5.74, 6) is -1.01. The van der Waals surface area contributed by atoms with Crippen LogP contribution in [0.2, 0.25) is 0 Å². The lowest BCUT2D eigenvalue weighted by Crippen LogP contribution is -2.48. The highest BCUT2D eigenvalue weighted by atomic mass is 19.1. The molecule has 0 spiro atoms. The van der Waals surface area contributed by atoms with Gasteiger partial charge >= 0.3 is 5.97 Å². The van der Waals surface area contributed by atoms with E-state index in [1.165, 1.54) is 18.3 Å². The van der Waals surface area contributed by atoms with Crippen molar-refractivity contribution in [2.45, 2.75) is 45.6 Å². The van der Waals surface area contributed by atoms with Crippen LogP contribution in [0.1, 0.15) is 61.5 Å². The number of rotatable bonds is 4. The highest BCUT2D eigenvalue weighted by Crippen LogP contribution is 2.43. The molecular formula is C22H25FN2O2. The average Bonchev–Trinajstić information content (AvgIpc) is 2.60. The monoisotopic (exact) mass is 368 g/mol. The van der Waals surface area contributed by atoms with Crippen molar-refractivity contribution >= 4 is 23.6 Å². The van der Waals surface area contributed by atoms with Gasteiger partial charge in [-0.15, -0.1) is 0 Å². The Morgan fingerprint density at radius 1 is 1.37 bits per heavy atom. The molecule has 1 heterocycles. The Morgan fingerprint density at radius 3 is 2.78 bits per heavy atom. The second kappa shape index (κ2) is 7.14. The summed E-state index contributed by atoms with van der Waals surface area (Å²) in [4.78, 5) is 17.6. The van der Waals surface area contributed by atoms with Crippen LogP contribution >= 0.6 is 0 Å². The summed E-state index contributed by atoms with van der Waals surface area (Å²) < 4.78 is 14.8. The maximum atomic E-state index is 14.8. The molecule has 0 bridgehead atoms. The Labute approximate surface area is 159 Å². The third-order valence-electron chi connectivity index (χ3n) is 5.27. The van der Waals surface area contributed by atoms with Gasteiger partial charge in [0.15, 0.2) is 0 Å². The van der Waals surface area contributed by atoms with Gasteiger partial charge in [-0.25, -0.2) is 9.18 Å². The van der Waals surface area contributed by atoms with Gasteiger partial charge in [-0.2, -0.15) is 0 Å². The summed E-state index contributed by atoms with van der Waals surface area (Å²) >= 11 is 0. The van der Waals surface area contributed by atoms with Crippen molar-refractivity contribution in [1.29, 1.82) is 0 Å². The molecule has 1 N–H and O–H groups in total. The Kier molecular flexibility index (Phi) is 5.05. The highest BCUT2D eigenvalue weighted by Gasteiger charge is 2.36. The van der Waals surface area contributed by atoms with E-state index in [0.29, 0.717) is 17.2 Å². The number of carboxylic acid groups (broad SMARTS) is 1. The lowest BCUT2D eigenvalue weighted by atomic mass is 9.79. The molecule has 2 aromatic rings. The van der Waals surface area contributed by atoms with E-state index in [1.54, 1.807) is 18.2 Å². The van der Waals surface area contributed by atoms with E-state index >= 15 is 0 Å². The molecule has 1 aliphatic rings. The standard InChI is InChI=1S/C22H25FN2O2/c1-5-25-20-11-19(23)16(10-18(20)14(2)12-22(25,3)4)13-24-17-8-6-7-15(9-17)21(26)27/h6-11,13-14H,5,12H2,1-4H3,(H,26,27). The van der Waals surface area contributed by atoms with E-state index < -0.39 is 5.97 Å². The van der Waals surface area contributed by atoms with Gasteiger partial charge in [-0.1, -0.05) is 13.0 Å². The Bertz CT molecular complexity index is 905. The molecule has 0 amide bonds. The predicted molar refractivity (Wildman–Crippen MR) is 107 cm³/mol. The molecule has 1 atom stereocenters. The van der Waals surface area contributed by atoms with E-state index in [9.17, 15) is 9.18 Å². The first kappa shape index (κ1) is 19.1. The average molecular weight is 368 g/mol. The minimum atomic E-state index is -1.01. The fraction of sp³-hybridized carbons (Fsp3) is 0.364. The number of anilines is 1. The number of hydrogen-bond acceptors (Lipinski definition) is 3. The third kappa shape index (κ3) is 3.72. The van der Waals surface area contributed by atoms with Gasteiger partial charge in [-0.3, -0.25) is 4.99 Å². The zero-order valence-corrected chi connectivity index (χ0v) is 16.2. The quantitative estimate of drug-likeness (QED) is 0.737. The van der Waals surface area contributed by atoms with Crippen LogP contribution < -0.4 is 4.90 Å². The van der Waals surface area contributed by atoms with Gasteiger partial charge in [0.1, 0.15) is 5.82 Å². The molecule has 0 aliphatic carbocycles. The Balaban J connectivity index is 1.98. The molecule has 0 saturated heterocycles. The number of fused-ring (bicyclic) bond motifs is 1. The summed E-state index contributed by atoms with van der Waals surface area (Å²) in [6.45, 7) is 9.46. The number of carboxylic acids is 1. The molecule has 27 heavy (non-hydrogen) atoms. The van der Waals surface area contributed by atoms with Crippen LogP contribution in [0, 0.1) is 5.82 Å². The number of aromatic carboxylic acids is 1. The fourth-order valence-corrected chi connectivity index (χ4v) is 4.08. The number of halogens is 1. The molecule has 3 rings (SSSR count). The minimum Gasteiger partial charge on any atom is -0.478 e. The molecule has 0 fully saturated rings. The summed E-state index contributed by atoms with van der Waals surface area (Å²) in [5.41, 5.74) is 3.11. The first-order valence-electron chi connectivity index (χ1n) is 9.21. The molecule has 0 saturated carbocycles. The highest BCUT2D eigenvalue weighted by molar-refractivity contribution is 5.89. The van der Waals surface area contributed by atoms with Crippen molar-refractivity contribution in [2.75, 3.05) is 11.4 Å². The normalized spacial score (nSPS) is 18.6. The van der Waals surface area contributed by atoms with Crippen molar-refractivity contribution < 1.29 is 14.3 Å². The van der Waals surface area contributed by atoms with Crippen molar-refractivity contribution in [3.05, 3.63) is 58.9 Å². The lowest BCUT2D eigenvalue weighted by molar-refractivity contribution is 0.0697. The number of carbonyl (C=O) groups is 1. The molecule has 4 nitrogen and oxygen atoms in total. The van der Waals surface area contributed by atoms with E-state index in [1.807, 2.05) is 6.07 Å². The number of aliphatic imine (C=N–C) groups is 1. The molecule has 1 unspecified atom stereocenters. The van der Waals surface area contributed by atoms with Gasteiger partial charge in [0.05, 0.1) is 11.3 Å². The smallest absolute Gasteiger partial charge is 0.335 e. The van der Waals surface area contributed by atoms with E-state index in [0.717, 1.165) is 24.2 Å². The molecule has 5 heteroatoms. The maximum Gasteiger partial charge on any atom is 0.335 e.